The monoisotopic (exact) mass is 814 g/mol. The molecule has 9 radical (unpaired) electrons. The number of carbonyl (C=O) groups is 2. The first kappa shape index (κ1) is 19.3. The van der Waals surface area contributed by atoms with E-state index in [2.05, 4.69) is 8.02 Å². The minimum atomic E-state index is -0.827. The van der Waals surface area contributed by atoms with Crippen LogP contribution in [0.1, 0.15) is 19.3 Å². The van der Waals surface area contributed by atoms with Crippen molar-refractivity contribution in [3.63, 3.8) is 0 Å². The van der Waals surface area contributed by atoms with Crippen molar-refractivity contribution in [1.29, 1.82) is 0 Å². The summed E-state index contributed by atoms with van der Waals surface area (Å²) < 4.78 is 2.62. The Bertz CT molecular complexity index is 496. The van der Waals surface area contributed by atoms with Crippen molar-refractivity contribution >= 4 is 86.2 Å². The van der Waals surface area contributed by atoms with Gasteiger partial charge in [0.05, 0.1) is 0 Å². The SMILES string of the molecule is O=C(O)C1CC(N2CCCC3C[N]([Sn])CC32)CN1C(=O)[CH]([Pb])[Pb]. The van der Waals surface area contributed by atoms with Crippen molar-refractivity contribution in [2.24, 2.45) is 5.92 Å². The molecule has 0 aliphatic carbocycles. The van der Waals surface area contributed by atoms with Crippen molar-refractivity contribution < 1.29 is 14.7 Å². The Hall–Kier alpha value is 1.50. The number of piperidine rings is 1. The summed E-state index contributed by atoms with van der Waals surface area (Å²) in [6, 6.07) is 0.195. The summed E-state index contributed by atoms with van der Waals surface area (Å²) in [6.07, 6.45) is 3.11. The Morgan fingerprint density at radius 1 is 1.22 bits per heavy atom. The molecule has 3 saturated heterocycles. The van der Waals surface area contributed by atoms with Gasteiger partial charge in [-0.1, -0.05) is 0 Å². The van der Waals surface area contributed by atoms with Gasteiger partial charge in [0.2, 0.25) is 0 Å². The molecule has 0 aromatic rings. The molecule has 3 rings (SSSR count). The molecule has 0 bridgehead atoms. The number of carbonyl (C=O) groups excluding carboxylic acids is 1. The summed E-state index contributed by atoms with van der Waals surface area (Å²) >= 11 is 3.16. The van der Waals surface area contributed by atoms with Gasteiger partial charge in [0.1, 0.15) is 0 Å². The number of fused-ring (bicyclic) bond motifs is 1. The van der Waals surface area contributed by atoms with Crippen LogP contribution in [0, 0.1) is 5.92 Å². The molecule has 0 aromatic carbocycles. The Labute approximate surface area is 182 Å². The van der Waals surface area contributed by atoms with Crippen LogP contribution in [0.2, 0.25) is 1.04 Å². The van der Waals surface area contributed by atoms with E-state index in [1.165, 1.54) is 42.2 Å². The Kier molecular flexibility index (Phi) is 6.73. The van der Waals surface area contributed by atoms with Crippen LogP contribution in [0.3, 0.4) is 0 Å². The predicted octanol–water partition coefficient (Wildman–Crippen LogP) is -1.40. The molecular formula is C14H20N3O3Pb2Sn. The first-order valence-corrected chi connectivity index (χ1v) is 13.8. The third-order valence-electron chi connectivity index (χ3n) is 5.39. The number of rotatable bonds is 3. The van der Waals surface area contributed by atoms with Gasteiger partial charge in [-0.3, -0.25) is 0 Å². The molecular weight excluding hydrogens is 791 g/mol. The van der Waals surface area contributed by atoms with Crippen molar-refractivity contribution in [3.05, 3.63) is 0 Å². The molecule has 23 heavy (non-hydrogen) atoms. The molecule has 0 aromatic heterocycles. The number of hydrogen-bond acceptors (Lipinski definition) is 4. The molecule has 9 heteroatoms. The standard InChI is InChI=1S/C14H20N3O3.2Pb.Sn/c1-9(18)17-8-11(5-12(17)14(19)20)16-4-2-3-10-6-15-7-13(10)16;;;/h1,10-13H,2-8H2,(H,19,20);;;/q-1;;;+1. The van der Waals surface area contributed by atoms with Crippen LogP contribution in [0.4, 0.5) is 0 Å². The third kappa shape index (κ3) is 4.10. The first-order chi connectivity index (χ1) is 10.9. The van der Waals surface area contributed by atoms with Gasteiger partial charge in [0, 0.05) is 0 Å². The predicted molar refractivity (Wildman–Crippen MR) is 87.3 cm³/mol. The van der Waals surface area contributed by atoms with E-state index in [1.54, 1.807) is 4.90 Å². The fourth-order valence-corrected chi connectivity index (χ4v) is 6.86. The van der Waals surface area contributed by atoms with Gasteiger partial charge < -0.3 is 0 Å². The van der Waals surface area contributed by atoms with Gasteiger partial charge in [-0.2, -0.15) is 0 Å². The summed E-state index contributed by atoms with van der Waals surface area (Å²) in [4.78, 5) is 28.4. The fourth-order valence-electron chi connectivity index (χ4n) is 4.37. The third-order valence-corrected chi connectivity index (χ3v) is 8.35. The first-order valence-electron chi connectivity index (χ1n) is 8.06. The fraction of sp³-hybridized carbons (Fsp3) is 0.857. The molecule has 3 aliphatic rings. The van der Waals surface area contributed by atoms with Crippen LogP contribution in [0.25, 0.3) is 0 Å². The Morgan fingerprint density at radius 3 is 2.61 bits per heavy atom. The zero-order valence-corrected chi connectivity index (χ0v) is 23.6. The topological polar surface area (TPSA) is 64.1 Å². The average Bonchev–Trinajstić information content (AvgIpc) is 3.08. The van der Waals surface area contributed by atoms with Gasteiger partial charge in [0.15, 0.2) is 0 Å². The number of hydrogen-bond donors (Lipinski definition) is 1. The number of nitrogens with zero attached hydrogens (tertiary/aromatic N) is 3. The summed E-state index contributed by atoms with van der Waals surface area (Å²) in [7, 11) is 0. The second kappa shape index (κ2) is 8.03. The molecule has 4 unspecified atom stereocenters. The van der Waals surface area contributed by atoms with Crippen LogP contribution in [0.15, 0.2) is 0 Å². The molecule has 3 heterocycles. The summed E-state index contributed by atoms with van der Waals surface area (Å²) in [5, 5.41) is 9.57. The molecule has 6 nitrogen and oxygen atoms in total. The zero-order chi connectivity index (χ0) is 16.7. The van der Waals surface area contributed by atoms with Gasteiger partial charge in [-0.05, 0) is 0 Å². The van der Waals surface area contributed by atoms with Gasteiger partial charge in [-0.25, -0.2) is 0 Å². The van der Waals surface area contributed by atoms with Crippen molar-refractivity contribution in [3.8, 4) is 0 Å². The second-order valence-corrected chi connectivity index (χ2v) is 21.8. The number of aliphatic carboxylic acids is 1. The number of carboxylic acid groups (broad SMARTS) is 1. The van der Waals surface area contributed by atoms with E-state index >= 15 is 0 Å². The Balaban J connectivity index is 1.75. The molecule has 0 saturated carbocycles. The van der Waals surface area contributed by atoms with Crippen LogP contribution < -0.4 is 0 Å². The van der Waals surface area contributed by atoms with Crippen LogP contribution in [-0.4, -0.2) is 149 Å². The van der Waals surface area contributed by atoms with E-state index in [0.717, 1.165) is 70.5 Å². The summed E-state index contributed by atoms with van der Waals surface area (Å²) in [5.41, 5.74) is 0. The zero-order valence-electron chi connectivity index (χ0n) is 12.9. The summed E-state index contributed by atoms with van der Waals surface area (Å²) in [5.74, 6) is 0.00728. The van der Waals surface area contributed by atoms with Gasteiger partial charge in [-0.15, -0.1) is 0 Å². The number of amides is 1. The molecule has 3 aliphatic heterocycles. The molecule has 1 N–H and O–H groups in total. The van der Waals surface area contributed by atoms with Crippen LogP contribution in [0.5, 0.6) is 0 Å². The van der Waals surface area contributed by atoms with Crippen molar-refractivity contribution in [1.82, 2.24) is 12.9 Å². The van der Waals surface area contributed by atoms with Crippen molar-refractivity contribution in [2.75, 3.05) is 26.2 Å². The molecule has 4 atom stereocenters. The van der Waals surface area contributed by atoms with E-state index < -0.39 is 12.0 Å². The molecule has 3 fully saturated rings. The van der Waals surface area contributed by atoms with E-state index in [4.69, 9.17) is 0 Å². The van der Waals surface area contributed by atoms with E-state index in [0.29, 0.717) is 19.0 Å². The normalized spacial score (nSPS) is 35.7. The quantitative estimate of drug-likeness (QED) is 0.356. The van der Waals surface area contributed by atoms with Crippen molar-refractivity contribution in [2.45, 2.75) is 38.4 Å². The molecule has 1 amide bonds. The number of likely N-dealkylation sites (tertiary alicyclic amines) is 2. The van der Waals surface area contributed by atoms with Crippen LogP contribution in [-0.2, 0) is 9.59 Å². The Morgan fingerprint density at radius 2 is 1.96 bits per heavy atom. The molecule has 0 spiro atoms. The van der Waals surface area contributed by atoms with E-state index in [9.17, 15) is 14.7 Å². The maximum absolute atomic E-state index is 12.5. The minimum absolute atomic E-state index is 0.0973. The maximum atomic E-state index is 12.5. The number of carboxylic acids is 1. The average molecular weight is 811 g/mol. The molecule has 121 valence electrons. The second-order valence-electron chi connectivity index (χ2n) is 6.78. The van der Waals surface area contributed by atoms with Crippen LogP contribution >= 0.6 is 0 Å². The van der Waals surface area contributed by atoms with E-state index in [1.807, 2.05) is 0 Å². The summed E-state index contributed by atoms with van der Waals surface area (Å²) in [6.45, 7) is 4.00. The van der Waals surface area contributed by atoms with Gasteiger partial charge in [0.25, 0.3) is 0 Å². The van der Waals surface area contributed by atoms with E-state index in [-0.39, 0.29) is 13.0 Å². The van der Waals surface area contributed by atoms with Gasteiger partial charge >= 0.3 is 184 Å².